The van der Waals surface area contributed by atoms with Gasteiger partial charge in [0.05, 0.1) is 0 Å². The molecule has 0 aromatic carbocycles. The third kappa shape index (κ3) is 10.5. The molecular formula is C24H43N3O4S. The molecule has 1 N–H and O–H groups in total. The van der Waals surface area contributed by atoms with Gasteiger partial charge in [-0.3, -0.25) is 9.59 Å². The first-order valence-corrected chi connectivity index (χ1v) is 13.6. The Hall–Kier alpha value is -1.44. The molecule has 1 atom stereocenters. The Labute approximate surface area is 198 Å². The van der Waals surface area contributed by atoms with Crippen LogP contribution < -0.4 is 5.32 Å². The van der Waals surface area contributed by atoms with Crippen molar-refractivity contribution < 1.29 is 19.1 Å². The average molecular weight is 470 g/mol. The molecule has 0 aromatic heterocycles. The molecule has 2 fully saturated rings. The Morgan fingerprint density at radius 1 is 0.875 bits per heavy atom. The van der Waals surface area contributed by atoms with E-state index in [2.05, 4.69) is 5.32 Å². The second-order valence-corrected chi connectivity index (χ2v) is 11.1. The molecule has 2 rings (SSSR count). The number of thioether (sulfide) groups is 1. The highest BCUT2D eigenvalue weighted by Crippen LogP contribution is 2.16. The zero-order valence-electron chi connectivity index (χ0n) is 20.3. The maximum Gasteiger partial charge on any atom is 0.408 e. The van der Waals surface area contributed by atoms with Crippen LogP contribution >= 0.6 is 11.8 Å². The predicted octanol–water partition coefficient (Wildman–Crippen LogP) is 4.20. The summed E-state index contributed by atoms with van der Waals surface area (Å²) >= 11 is 1.62. The molecular weight excluding hydrogens is 426 g/mol. The van der Waals surface area contributed by atoms with Crippen LogP contribution in [0.3, 0.4) is 0 Å². The fraction of sp³-hybridized carbons (Fsp3) is 0.875. The van der Waals surface area contributed by atoms with Gasteiger partial charge in [-0.25, -0.2) is 4.79 Å². The lowest BCUT2D eigenvalue weighted by Gasteiger charge is -2.28. The molecule has 3 amide bonds. The Morgan fingerprint density at radius 2 is 1.41 bits per heavy atom. The smallest absolute Gasteiger partial charge is 0.408 e. The summed E-state index contributed by atoms with van der Waals surface area (Å²) in [6.07, 6.45) is 9.76. The van der Waals surface area contributed by atoms with Gasteiger partial charge in [-0.15, -0.1) is 0 Å². The van der Waals surface area contributed by atoms with Crippen LogP contribution in [0.15, 0.2) is 0 Å². The lowest BCUT2D eigenvalue weighted by molar-refractivity contribution is -0.133. The van der Waals surface area contributed by atoms with Gasteiger partial charge in [0.1, 0.15) is 11.6 Å². The maximum absolute atomic E-state index is 13.1. The van der Waals surface area contributed by atoms with E-state index in [1.165, 1.54) is 12.8 Å². The highest BCUT2D eigenvalue weighted by atomic mass is 32.2. The minimum Gasteiger partial charge on any atom is -0.444 e. The van der Waals surface area contributed by atoms with Gasteiger partial charge < -0.3 is 19.9 Å². The van der Waals surface area contributed by atoms with Gasteiger partial charge in [0.2, 0.25) is 11.8 Å². The molecule has 2 aliphatic heterocycles. The Morgan fingerprint density at radius 3 is 1.94 bits per heavy atom. The number of nitrogens with one attached hydrogen (secondary N) is 1. The number of amides is 3. The van der Waals surface area contributed by atoms with E-state index < -0.39 is 17.7 Å². The van der Waals surface area contributed by atoms with E-state index >= 15 is 0 Å². The van der Waals surface area contributed by atoms with Gasteiger partial charge in [0, 0.05) is 38.4 Å². The number of carbonyl (C=O) groups is 3. The molecule has 0 spiro atoms. The van der Waals surface area contributed by atoms with Gasteiger partial charge in [0.25, 0.3) is 0 Å². The molecule has 2 aliphatic rings. The number of rotatable bonds is 8. The first-order valence-electron chi connectivity index (χ1n) is 12.4. The SMILES string of the molecule is CC(C)(C)OC(=O)N[C@@H](CSCCCC(=O)N1CCCCCC1)C(=O)N1CCCCCC1. The summed E-state index contributed by atoms with van der Waals surface area (Å²) in [7, 11) is 0. The van der Waals surface area contributed by atoms with Crippen molar-refractivity contribution in [3.63, 3.8) is 0 Å². The van der Waals surface area contributed by atoms with Crippen molar-refractivity contribution in [1.29, 1.82) is 0 Å². The van der Waals surface area contributed by atoms with E-state index in [1.54, 1.807) is 11.8 Å². The number of likely N-dealkylation sites (tertiary alicyclic amines) is 2. The van der Waals surface area contributed by atoms with E-state index in [0.29, 0.717) is 12.2 Å². The van der Waals surface area contributed by atoms with Gasteiger partial charge in [-0.2, -0.15) is 11.8 Å². The number of ether oxygens (including phenoxy) is 1. The van der Waals surface area contributed by atoms with Crippen LogP contribution in [0.5, 0.6) is 0 Å². The molecule has 32 heavy (non-hydrogen) atoms. The van der Waals surface area contributed by atoms with E-state index in [-0.39, 0.29) is 11.8 Å². The summed E-state index contributed by atoms with van der Waals surface area (Å²) in [6, 6.07) is -0.603. The Kier molecular flexibility index (Phi) is 11.7. The van der Waals surface area contributed by atoms with Crippen molar-refractivity contribution >= 4 is 29.7 Å². The zero-order valence-corrected chi connectivity index (χ0v) is 21.1. The number of carbonyl (C=O) groups excluding carboxylic acids is 3. The Balaban J connectivity index is 1.81. The third-order valence-corrected chi connectivity index (χ3v) is 6.98. The molecule has 0 aromatic rings. The maximum atomic E-state index is 13.1. The summed E-state index contributed by atoms with van der Waals surface area (Å²) in [5.41, 5.74) is -0.610. The van der Waals surface area contributed by atoms with Gasteiger partial charge in [0.15, 0.2) is 0 Å². The fourth-order valence-electron chi connectivity index (χ4n) is 4.14. The summed E-state index contributed by atoms with van der Waals surface area (Å²) < 4.78 is 5.39. The van der Waals surface area contributed by atoms with Crippen molar-refractivity contribution in [3.05, 3.63) is 0 Å². The minimum absolute atomic E-state index is 0.0223. The number of hydrogen-bond donors (Lipinski definition) is 1. The molecule has 8 heteroatoms. The molecule has 0 aliphatic carbocycles. The second-order valence-electron chi connectivity index (χ2n) is 9.91. The van der Waals surface area contributed by atoms with E-state index in [9.17, 15) is 14.4 Å². The summed E-state index contributed by atoms with van der Waals surface area (Å²) in [5, 5.41) is 2.80. The molecule has 0 unspecified atom stereocenters. The third-order valence-electron chi connectivity index (χ3n) is 5.83. The predicted molar refractivity (Wildman–Crippen MR) is 130 cm³/mol. The Bertz CT molecular complexity index is 593. The average Bonchev–Trinajstić information content (AvgIpc) is 3.16. The molecule has 7 nitrogen and oxygen atoms in total. The summed E-state index contributed by atoms with van der Waals surface area (Å²) in [6.45, 7) is 8.72. The van der Waals surface area contributed by atoms with Crippen molar-refractivity contribution in [2.75, 3.05) is 37.7 Å². The summed E-state index contributed by atoms with van der Waals surface area (Å²) in [5.74, 6) is 1.51. The van der Waals surface area contributed by atoms with E-state index in [0.717, 1.165) is 76.9 Å². The topological polar surface area (TPSA) is 79.0 Å². The van der Waals surface area contributed by atoms with Crippen LogP contribution in [0.25, 0.3) is 0 Å². The standard InChI is InChI=1S/C24H43N3O4S/c1-24(2,3)31-23(30)25-20(22(29)27-16-10-6-7-11-17-27)19-32-18-12-13-21(28)26-14-8-4-5-9-15-26/h20H,4-19H2,1-3H3,(H,25,30)/t20-/m0/s1. The van der Waals surface area contributed by atoms with E-state index in [4.69, 9.17) is 4.74 Å². The van der Waals surface area contributed by atoms with E-state index in [1.807, 2.05) is 30.6 Å². The van der Waals surface area contributed by atoms with Crippen molar-refractivity contribution in [1.82, 2.24) is 15.1 Å². The zero-order chi connectivity index (χ0) is 23.4. The van der Waals surface area contributed by atoms with Crippen LogP contribution in [-0.2, 0) is 14.3 Å². The van der Waals surface area contributed by atoms with Gasteiger partial charge >= 0.3 is 6.09 Å². The molecule has 0 bridgehead atoms. The monoisotopic (exact) mass is 469 g/mol. The largest absolute Gasteiger partial charge is 0.444 e. The van der Waals surface area contributed by atoms with Gasteiger partial charge in [-0.1, -0.05) is 25.7 Å². The molecule has 0 radical (unpaired) electrons. The minimum atomic E-state index is -0.610. The molecule has 0 saturated carbocycles. The molecule has 2 heterocycles. The lowest BCUT2D eigenvalue weighted by Crippen LogP contribution is -2.51. The van der Waals surface area contributed by atoms with Gasteiger partial charge in [-0.05, 0) is 58.6 Å². The molecule has 2 saturated heterocycles. The van der Waals surface area contributed by atoms with Crippen molar-refractivity contribution in [2.24, 2.45) is 0 Å². The normalized spacial score (nSPS) is 19.0. The van der Waals surface area contributed by atoms with Crippen LogP contribution in [0.4, 0.5) is 4.79 Å². The van der Waals surface area contributed by atoms with Crippen molar-refractivity contribution in [2.45, 2.75) is 96.6 Å². The summed E-state index contributed by atoms with van der Waals surface area (Å²) in [4.78, 5) is 41.8. The highest BCUT2D eigenvalue weighted by molar-refractivity contribution is 7.99. The van der Waals surface area contributed by atoms with Crippen LogP contribution in [0.2, 0.25) is 0 Å². The lowest BCUT2D eigenvalue weighted by atomic mass is 10.2. The number of nitrogens with zero attached hydrogens (tertiary/aromatic N) is 2. The number of alkyl carbamates (subject to hydrolysis) is 1. The highest BCUT2D eigenvalue weighted by Gasteiger charge is 2.28. The number of hydrogen-bond acceptors (Lipinski definition) is 5. The second kappa shape index (κ2) is 14.0. The quantitative estimate of drug-likeness (QED) is 0.539. The first kappa shape index (κ1) is 26.8. The van der Waals surface area contributed by atoms with Crippen LogP contribution in [-0.4, -0.2) is 77.0 Å². The molecule has 184 valence electrons. The van der Waals surface area contributed by atoms with Crippen LogP contribution in [0.1, 0.15) is 85.0 Å². The van der Waals surface area contributed by atoms with Crippen molar-refractivity contribution in [3.8, 4) is 0 Å². The fourth-order valence-corrected chi connectivity index (χ4v) is 5.12. The van der Waals surface area contributed by atoms with Crippen LogP contribution in [0, 0.1) is 0 Å². The first-order chi connectivity index (χ1) is 15.3.